The fraction of sp³-hybridized carbons (Fsp3) is 0.267. The standard InChI is InChI=1S/C15H17N3O2S2/c1-11-9-15(12(2)21-11)22(19,20)18-8-7-17-14-5-3-13(10-16)4-6-14/h3-6,9,17-18H,7-8H2,1-2H3. The highest BCUT2D eigenvalue weighted by Crippen LogP contribution is 2.24. The van der Waals surface area contributed by atoms with E-state index in [1.54, 1.807) is 37.3 Å². The number of hydrogen-bond acceptors (Lipinski definition) is 5. The lowest BCUT2D eigenvalue weighted by Crippen LogP contribution is -2.29. The Labute approximate surface area is 134 Å². The Kier molecular flexibility index (Phi) is 5.19. The molecule has 116 valence electrons. The summed E-state index contributed by atoms with van der Waals surface area (Å²) in [6.45, 7) is 4.45. The van der Waals surface area contributed by atoms with Crippen LogP contribution in [0.5, 0.6) is 0 Å². The first kappa shape index (κ1) is 16.5. The van der Waals surface area contributed by atoms with Gasteiger partial charge in [-0.05, 0) is 44.2 Å². The number of nitriles is 1. The highest BCUT2D eigenvalue weighted by Gasteiger charge is 2.18. The number of sulfonamides is 1. The number of hydrogen-bond donors (Lipinski definition) is 2. The molecule has 1 aromatic heterocycles. The lowest BCUT2D eigenvalue weighted by molar-refractivity contribution is 0.582. The normalized spacial score (nSPS) is 11.1. The molecule has 0 saturated carbocycles. The van der Waals surface area contributed by atoms with E-state index in [-0.39, 0.29) is 6.54 Å². The van der Waals surface area contributed by atoms with Crippen molar-refractivity contribution in [2.75, 3.05) is 18.4 Å². The second kappa shape index (κ2) is 6.92. The minimum Gasteiger partial charge on any atom is -0.384 e. The third-order valence-electron chi connectivity index (χ3n) is 3.05. The highest BCUT2D eigenvalue weighted by molar-refractivity contribution is 7.89. The molecule has 0 unspecified atom stereocenters. The van der Waals surface area contributed by atoms with Gasteiger partial charge in [-0.25, -0.2) is 13.1 Å². The molecule has 0 radical (unpaired) electrons. The molecule has 0 aliphatic rings. The zero-order valence-corrected chi connectivity index (χ0v) is 14.0. The van der Waals surface area contributed by atoms with Crippen LogP contribution < -0.4 is 10.0 Å². The van der Waals surface area contributed by atoms with Crippen LogP contribution in [0.1, 0.15) is 15.3 Å². The van der Waals surface area contributed by atoms with Gasteiger partial charge in [-0.3, -0.25) is 0 Å². The molecule has 0 spiro atoms. The van der Waals surface area contributed by atoms with Crippen molar-refractivity contribution in [2.45, 2.75) is 18.7 Å². The Bertz CT molecular complexity index is 787. The summed E-state index contributed by atoms with van der Waals surface area (Å²) in [7, 11) is -3.46. The number of nitrogens with zero attached hydrogens (tertiary/aromatic N) is 1. The van der Waals surface area contributed by atoms with Gasteiger partial charge in [0.05, 0.1) is 16.5 Å². The average Bonchev–Trinajstić information content (AvgIpc) is 2.84. The Hall–Kier alpha value is -1.88. The summed E-state index contributed by atoms with van der Waals surface area (Å²) < 4.78 is 27.0. The van der Waals surface area contributed by atoms with Crippen LogP contribution in [0, 0.1) is 25.2 Å². The molecule has 0 aliphatic heterocycles. The lowest BCUT2D eigenvalue weighted by Gasteiger charge is -2.08. The predicted octanol–water partition coefficient (Wildman–Crippen LogP) is 2.63. The molecule has 2 rings (SSSR count). The van der Waals surface area contributed by atoms with Gasteiger partial charge in [-0.1, -0.05) is 0 Å². The molecule has 0 bridgehead atoms. The van der Waals surface area contributed by atoms with E-state index in [1.165, 1.54) is 11.3 Å². The maximum absolute atomic E-state index is 12.2. The van der Waals surface area contributed by atoms with Gasteiger partial charge in [-0.2, -0.15) is 5.26 Å². The molecule has 1 heterocycles. The van der Waals surface area contributed by atoms with Crippen molar-refractivity contribution in [1.82, 2.24) is 4.72 Å². The summed E-state index contributed by atoms with van der Waals surface area (Å²) in [5.41, 5.74) is 1.44. The molecular weight excluding hydrogens is 318 g/mol. The summed E-state index contributed by atoms with van der Waals surface area (Å²) in [6.07, 6.45) is 0. The zero-order chi connectivity index (χ0) is 16.2. The number of rotatable bonds is 6. The first-order chi connectivity index (χ1) is 10.4. The fourth-order valence-electron chi connectivity index (χ4n) is 2.01. The Morgan fingerprint density at radius 3 is 2.41 bits per heavy atom. The summed E-state index contributed by atoms with van der Waals surface area (Å²) in [4.78, 5) is 2.13. The molecule has 2 N–H and O–H groups in total. The summed E-state index contributed by atoms with van der Waals surface area (Å²) >= 11 is 1.47. The summed E-state index contributed by atoms with van der Waals surface area (Å²) in [5.74, 6) is 0. The quantitative estimate of drug-likeness (QED) is 0.795. The van der Waals surface area contributed by atoms with E-state index >= 15 is 0 Å². The molecule has 0 aliphatic carbocycles. The SMILES string of the molecule is Cc1cc(S(=O)(=O)NCCNc2ccc(C#N)cc2)c(C)s1. The van der Waals surface area contributed by atoms with Crippen molar-refractivity contribution < 1.29 is 8.42 Å². The van der Waals surface area contributed by atoms with Gasteiger partial charge >= 0.3 is 0 Å². The lowest BCUT2D eigenvalue weighted by atomic mass is 10.2. The van der Waals surface area contributed by atoms with Gasteiger partial charge in [0.2, 0.25) is 10.0 Å². The van der Waals surface area contributed by atoms with Crippen molar-refractivity contribution in [3.63, 3.8) is 0 Å². The van der Waals surface area contributed by atoms with Crippen LogP contribution >= 0.6 is 11.3 Å². The molecule has 0 amide bonds. The number of anilines is 1. The second-order valence-corrected chi connectivity index (χ2v) is 7.99. The predicted molar refractivity (Wildman–Crippen MR) is 88.6 cm³/mol. The van der Waals surface area contributed by atoms with E-state index in [2.05, 4.69) is 10.0 Å². The van der Waals surface area contributed by atoms with Crippen molar-refractivity contribution in [1.29, 1.82) is 5.26 Å². The van der Waals surface area contributed by atoms with E-state index < -0.39 is 10.0 Å². The van der Waals surface area contributed by atoms with E-state index in [9.17, 15) is 8.42 Å². The molecule has 7 heteroatoms. The molecule has 1 aromatic carbocycles. The minimum atomic E-state index is -3.46. The van der Waals surface area contributed by atoms with E-state index in [4.69, 9.17) is 5.26 Å². The summed E-state index contributed by atoms with van der Waals surface area (Å²) in [5, 5.41) is 11.8. The van der Waals surface area contributed by atoms with Crippen LogP contribution in [0.4, 0.5) is 5.69 Å². The first-order valence-electron chi connectivity index (χ1n) is 6.73. The molecular formula is C15H17N3O2S2. The van der Waals surface area contributed by atoms with Crippen LogP contribution in [0.3, 0.4) is 0 Å². The van der Waals surface area contributed by atoms with Crippen LogP contribution in [0.15, 0.2) is 35.2 Å². The minimum absolute atomic E-state index is 0.288. The molecule has 22 heavy (non-hydrogen) atoms. The average molecular weight is 335 g/mol. The van der Waals surface area contributed by atoms with E-state index in [1.807, 2.05) is 13.0 Å². The van der Waals surface area contributed by atoms with Gasteiger partial charge in [0, 0.05) is 28.5 Å². The zero-order valence-electron chi connectivity index (χ0n) is 12.4. The van der Waals surface area contributed by atoms with Crippen LogP contribution in [0.25, 0.3) is 0 Å². The van der Waals surface area contributed by atoms with Gasteiger partial charge < -0.3 is 5.32 Å². The number of thiophene rings is 1. The molecule has 2 aromatic rings. The molecule has 0 atom stereocenters. The van der Waals surface area contributed by atoms with Crippen LogP contribution in [0.2, 0.25) is 0 Å². The maximum atomic E-state index is 12.2. The maximum Gasteiger partial charge on any atom is 0.241 e. The van der Waals surface area contributed by atoms with Crippen molar-refractivity contribution in [3.05, 3.63) is 45.6 Å². The third-order valence-corrected chi connectivity index (χ3v) is 5.73. The number of nitrogens with one attached hydrogen (secondary N) is 2. The topological polar surface area (TPSA) is 82.0 Å². The number of benzene rings is 1. The van der Waals surface area contributed by atoms with Crippen molar-refractivity contribution >= 4 is 27.0 Å². The first-order valence-corrected chi connectivity index (χ1v) is 9.03. The van der Waals surface area contributed by atoms with E-state index in [0.717, 1.165) is 15.4 Å². The Balaban J connectivity index is 1.88. The van der Waals surface area contributed by atoms with Gasteiger partial charge in [0.1, 0.15) is 0 Å². The van der Waals surface area contributed by atoms with Gasteiger partial charge in [0.15, 0.2) is 0 Å². The monoisotopic (exact) mass is 335 g/mol. The van der Waals surface area contributed by atoms with Gasteiger partial charge in [-0.15, -0.1) is 11.3 Å². The molecule has 0 fully saturated rings. The fourth-order valence-corrected chi connectivity index (χ4v) is 4.59. The van der Waals surface area contributed by atoms with Gasteiger partial charge in [0.25, 0.3) is 0 Å². The number of aryl methyl sites for hydroxylation is 2. The smallest absolute Gasteiger partial charge is 0.241 e. The summed E-state index contributed by atoms with van der Waals surface area (Å²) in [6, 6.07) is 10.7. The van der Waals surface area contributed by atoms with Crippen molar-refractivity contribution in [3.8, 4) is 6.07 Å². The molecule has 0 saturated heterocycles. The Morgan fingerprint density at radius 1 is 1.18 bits per heavy atom. The second-order valence-electron chi connectivity index (χ2n) is 4.79. The van der Waals surface area contributed by atoms with Crippen LogP contribution in [-0.4, -0.2) is 21.5 Å². The third kappa shape index (κ3) is 4.07. The highest BCUT2D eigenvalue weighted by atomic mass is 32.2. The Morgan fingerprint density at radius 2 is 1.86 bits per heavy atom. The van der Waals surface area contributed by atoms with Crippen molar-refractivity contribution in [2.24, 2.45) is 0 Å². The molecule has 5 nitrogen and oxygen atoms in total. The van der Waals surface area contributed by atoms with Crippen LogP contribution in [-0.2, 0) is 10.0 Å². The van der Waals surface area contributed by atoms with E-state index in [0.29, 0.717) is 17.0 Å². The largest absolute Gasteiger partial charge is 0.384 e.